The van der Waals surface area contributed by atoms with Crippen LogP contribution in [0.5, 0.6) is 5.75 Å². The maximum Gasteiger partial charge on any atom is 0.224 e. The van der Waals surface area contributed by atoms with Gasteiger partial charge in [0.2, 0.25) is 29.5 Å². The number of phenols is 1. The second kappa shape index (κ2) is 41.2. The number of unbranched alkanes of at least 4 members (excludes halogenated alkanes) is 14. The van der Waals surface area contributed by atoms with Crippen LogP contribution >= 0.6 is 0 Å². The number of primary amides is 1. The van der Waals surface area contributed by atoms with Gasteiger partial charge in [0.05, 0.1) is 24.7 Å². The number of carbonyl (C=O) groups excluding carboxylic acids is 9. The second-order valence-corrected chi connectivity index (χ2v) is 20.7. The van der Waals surface area contributed by atoms with E-state index in [1.165, 1.54) is 69.9 Å². The minimum atomic E-state index is -1.19. The average molecular weight is 1040 g/mol. The van der Waals surface area contributed by atoms with E-state index in [2.05, 4.69) is 28.2 Å². The quantitative estimate of drug-likeness (QED) is 0.0305. The molecule has 0 aliphatic heterocycles. The number of Topliss-reactive ketones (excluding diaryl/α,β-unsaturated/α-hetero) is 4. The number of rotatable bonds is 47. The van der Waals surface area contributed by atoms with Crippen LogP contribution in [0, 0.1) is 17.8 Å². The van der Waals surface area contributed by atoms with Crippen LogP contribution in [0.2, 0.25) is 0 Å². The third kappa shape index (κ3) is 32.3. The number of hydrogen-bond acceptors (Lipinski definition) is 12. The lowest BCUT2D eigenvalue weighted by atomic mass is 9.88. The monoisotopic (exact) mass is 1040 g/mol. The molecular formula is C57H97N7O10. The molecule has 0 spiro atoms. The summed E-state index contributed by atoms with van der Waals surface area (Å²) in [5, 5.41) is 21.0. The number of nitrogens with one attached hydrogen (secondary N) is 4. The predicted octanol–water partition coefficient (Wildman–Crippen LogP) is 7.04. The summed E-state index contributed by atoms with van der Waals surface area (Å²) in [6, 6.07) is 3.03. The highest BCUT2D eigenvalue weighted by Crippen LogP contribution is 2.22. The fourth-order valence-electron chi connectivity index (χ4n) is 8.96. The minimum absolute atomic E-state index is 0.0150. The first-order chi connectivity index (χ1) is 35.4. The summed E-state index contributed by atoms with van der Waals surface area (Å²) in [6.45, 7) is 8.34. The Labute approximate surface area is 443 Å². The summed E-state index contributed by atoms with van der Waals surface area (Å²) in [7, 11) is 0. The number of ketones is 4. The van der Waals surface area contributed by atoms with E-state index in [0.29, 0.717) is 63.6 Å². The van der Waals surface area contributed by atoms with Crippen LogP contribution in [-0.4, -0.2) is 95.5 Å². The van der Waals surface area contributed by atoms with Crippen molar-refractivity contribution in [1.82, 2.24) is 21.3 Å². The van der Waals surface area contributed by atoms with E-state index in [4.69, 9.17) is 17.2 Å². The van der Waals surface area contributed by atoms with Gasteiger partial charge in [-0.05, 0) is 94.5 Å². The highest BCUT2D eigenvalue weighted by atomic mass is 16.3. The first-order valence-corrected chi connectivity index (χ1v) is 28.2. The zero-order chi connectivity index (χ0) is 55.1. The number of phenolic OH excluding ortho intramolecular Hbond substituents is 1. The van der Waals surface area contributed by atoms with Crippen molar-refractivity contribution in [3.63, 3.8) is 0 Å². The zero-order valence-corrected chi connectivity index (χ0v) is 45.8. The summed E-state index contributed by atoms with van der Waals surface area (Å²) in [6.07, 6.45) is 17.5. The van der Waals surface area contributed by atoms with Crippen LogP contribution in [-0.2, 0) is 49.6 Å². The molecule has 0 aliphatic carbocycles. The number of hydrogen-bond donors (Lipinski definition) is 8. The maximum atomic E-state index is 14.2. The van der Waals surface area contributed by atoms with E-state index in [1.807, 2.05) is 13.8 Å². The fraction of sp³-hybridized carbons (Fsp3) is 0.737. The minimum Gasteiger partial charge on any atom is -0.508 e. The highest BCUT2D eigenvalue weighted by molar-refractivity contribution is 5.97. The van der Waals surface area contributed by atoms with Gasteiger partial charge in [-0.3, -0.25) is 43.2 Å². The Bertz CT molecular complexity index is 1820. The van der Waals surface area contributed by atoms with Crippen molar-refractivity contribution in [2.75, 3.05) is 19.6 Å². The molecule has 0 unspecified atom stereocenters. The molecule has 0 saturated heterocycles. The molecule has 0 heterocycles. The van der Waals surface area contributed by atoms with E-state index in [9.17, 15) is 48.3 Å². The van der Waals surface area contributed by atoms with Crippen LogP contribution in [0.1, 0.15) is 213 Å². The Morgan fingerprint density at radius 3 is 1.57 bits per heavy atom. The van der Waals surface area contributed by atoms with Gasteiger partial charge >= 0.3 is 0 Å². The molecule has 0 aromatic heterocycles. The summed E-state index contributed by atoms with van der Waals surface area (Å²) < 4.78 is 0. The molecule has 5 atom stereocenters. The molecule has 1 rings (SSSR count). The number of benzene rings is 1. The van der Waals surface area contributed by atoms with Gasteiger partial charge in [-0.15, -0.1) is 0 Å². The standard InChI is InChI=1S/C57H97N7O10/c1-5-7-8-9-10-11-12-13-14-15-16-17-18-25-54(71)61-40-46(66)31-33-55(72)62-49(37-42-26-29-45(65)30-27-42)52(69)39-44(28-32-53(60)70)57(74)63-47(24-20-22-35-59)51(68)38-43(23-19-21-34-58)56(73)64-48(36-41(3)4)50(67)6-2/h26-27,29-30,41,43-44,47-49,65H,5-25,28,31-40,58-59H2,1-4H3,(H2,60,70)(H,61,71)(H,62,72)(H,63,74)(H,64,73)/t43-,44-,47+,48+,49+/m1/s1. The lowest BCUT2D eigenvalue weighted by Crippen LogP contribution is -2.48. The molecule has 1 aromatic carbocycles. The zero-order valence-electron chi connectivity index (χ0n) is 45.8. The Kier molecular flexibility index (Phi) is 37.3. The molecule has 5 amide bonds. The molecule has 420 valence electrons. The van der Waals surface area contributed by atoms with Crippen LogP contribution in [0.25, 0.3) is 0 Å². The number of amides is 5. The molecule has 11 N–H and O–H groups in total. The first kappa shape index (κ1) is 67.0. The molecular weight excluding hydrogens is 943 g/mol. The average Bonchev–Trinajstić information content (AvgIpc) is 3.36. The van der Waals surface area contributed by atoms with Gasteiger partial charge < -0.3 is 43.6 Å². The summed E-state index contributed by atoms with van der Waals surface area (Å²) in [5.74, 6) is -6.03. The van der Waals surface area contributed by atoms with E-state index < -0.39 is 71.6 Å². The van der Waals surface area contributed by atoms with Gasteiger partial charge in [0, 0.05) is 56.8 Å². The van der Waals surface area contributed by atoms with Gasteiger partial charge in [0.1, 0.15) is 5.75 Å². The van der Waals surface area contributed by atoms with Gasteiger partial charge in [0.25, 0.3) is 0 Å². The van der Waals surface area contributed by atoms with Crippen LogP contribution in [0.4, 0.5) is 0 Å². The molecule has 0 bridgehead atoms. The SMILES string of the molecule is CCCCCCCCCCCCCCCC(=O)NCC(=O)CCC(=O)N[C@@H](Cc1ccc(O)cc1)C(=O)C[C@@H](CCC(N)=O)C(=O)N[C@@H](CCCCN)C(=O)C[C@@H](CCCCN)C(=O)N[C@@H](CC(C)C)C(=O)CC. The fourth-order valence-corrected chi connectivity index (χ4v) is 8.96. The van der Waals surface area contributed by atoms with Crippen molar-refractivity contribution in [3.8, 4) is 5.75 Å². The smallest absolute Gasteiger partial charge is 0.224 e. The Morgan fingerprint density at radius 2 is 1.04 bits per heavy atom. The summed E-state index contributed by atoms with van der Waals surface area (Å²) in [4.78, 5) is 120. The second-order valence-electron chi connectivity index (χ2n) is 20.7. The largest absolute Gasteiger partial charge is 0.508 e. The molecule has 0 fully saturated rings. The van der Waals surface area contributed by atoms with Crippen molar-refractivity contribution in [2.24, 2.45) is 35.0 Å². The molecule has 74 heavy (non-hydrogen) atoms. The third-order valence-electron chi connectivity index (χ3n) is 13.5. The van der Waals surface area contributed by atoms with Gasteiger partial charge in [-0.25, -0.2) is 0 Å². The summed E-state index contributed by atoms with van der Waals surface area (Å²) in [5.41, 5.74) is 17.6. The maximum absolute atomic E-state index is 14.2. The number of aromatic hydroxyl groups is 1. The Hall–Kier alpha value is -5.03. The van der Waals surface area contributed by atoms with E-state index in [0.717, 1.165) is 25.7 Å². The molecule has 0 aliphatic rings. The van der Waals surface area contributed by atoms with Gasteiger partial charge in [0.15, 0.2) is 23.1 Å². The van der Waals surface area contributed by atoms with Gasteiger partial charge in [-0.2, -0.15) is 0 Å². The summed E-state index contributed by atoms with van der Waals surface area (Å²) >= 11 is 0. The van der Waals surface area contributed by atoms with E-state index in [-0.39, 0.29) is 87.1 Å². The van der Waals surface area contributed by atoms with Crippen molar-refractivity contribution < 1.29 is 48.3 Å². The molecule has 0 saturated carbocycles. The van der Waals surface area contributed by atoms with Crippen LogP contribution in [0.3, 0.4) is 0 Å². The lowest BCUT2D eigenvalue weighted by molar-refractivity contribution is -0.135. The normalized spacial score (nSPS) is 13.3. The molecule has 0 radical (unpaired) electrons. The Balaban J connectivity index is 3.07. The van der Waals surface area contributed by atoms with Crippen molar-refractivity contribution >= 4 is 52.7 Å². The Morgan fingerprint density at radius 1 is 0.527 bits per heavy atom. The highest BCUT2D eigenvalue weighted by Gasteiger charge is 2.33. The number of carbonyl (C=O) groups is 9. The van der Waals surface area contributed by atoms with Crippen molar-refractivity contribution in [3.05, 3.63) is 29.8 Å². The van der Waals surface area contributed by atoms with E-state index >= 15 is 0 Å². The topological polar surface area (TPSA) is 300 Å². The van der Waals surface area contributed by atoms with Crippen LogP contribution < -0.4 is 38.5 Å². The van der Waals surface area contributed by atoms with Gasteiger partial charge in [-0.1, -0.05) is 123 Å². The van der Waals surface area contributed by atoms with Crippen molar-refractivity contribution in [1.29, 1.82) is 0 Å². The van der Waals surface area contributed by atoms with E-state index in [1.54, 1.807) is 19.1 Å². The molecule has 17 heteroatoms. The number of nitrogens with two attached hydrogens (primary N) is 3. The first-order valence-electron chi connectivity index (χ1n) is 28.2. The molecule has 17 nitrogen and oxygen atoms in total. The lowest BCUT2D eigenvalue weighted by Gasteiger charge is -2.26. The molecule has 1 aromatic rings. The van der Waals surface area contributed by atoms with Crippen molar-refractivity contribution in [2.45, 2.75) is 232 Å². The third-order valence-corrected chi connectivity index (χ3v) is 13.5. The predicted molar refractivity (Wildman–Crippen MR) is 290 cm³/mol. The van der Waals surface area contributed by atoms with Crippen LogP contribution in [0.15, 0.2) is 24.3 Å².